The van der Waals surface area contributed by atoms with Gasteiger partial charge in [0.1, 0.15) is 0 Å². The summed E-state index contributed by atoms with van der Waals surface area (Å²) in [7, 11) is 0. The normalized spacial score (nSPS) is 13.1. The molecule has 0 heterocycles. The highest BCUT2D eigenvalue weighted by Gasteiger charge is 2.16. The van der Waals surface area contributed by atoms with Gasteiger partial charge in [0.25, 0.3) is 0 Å². The lowest BCUT2D eigenvalue weighted by atomic mass is 10.1. The lowest BCUT2D eigenvalue weighted by Crippen LogP contribution is -2.38. The summed E-state index contributed by atoms with van der Waals surface area (Å²) in [4.78, 5) is 11.6. The van der Waals surface area contributed by atoms with Crippen LogP contribution in [0.3, 0.4) is 0 Å². The minimum Gasteiger partial charge on any atom is -0.409 e. The molecule has 4 N–H and O–H groups in total. The van der Waals surface area contributed by atoms with Gasteiger partial charge < -0.3 is 16.3 Å². The van der Waals surface area contributed by atoms with Gasteiger partial charge in [-0.25, -0.2) is 0 Å². The molecule has 1 aromatic rings. The van der Waals surface area contributed by atoms with E-state index < -0.39 is 5.92 Å². The van der Waals surface area contributed by atoms with E-state index in [0.717, 1.165) is 12.0 Å². The van der Waals surface area contributed by atoms with Gasteiger partial charge in [0.2, 0.25) is 5.91 Å². The first-order chi connectivity index (χ1) is 8.15. The van der Waals surface area contributed by atoms with E-state index in [4.69, 9.17) is 10.9 Å². The molecule has 5 heteroatoms. The molecule has 5 nitrogen and oxygen atoms in total. The zero-order valence-electron chi connectivity index (χ0n) is 9.76. The Morgan fingerprint density at radius 2 is 2.12 bits per heavy atom. The van der Waals surface area contributed by atoms with Crippen LogP contribution in [-0.4, -0.2) is 23.5 Å². The van der Waals surface area contributed by atoms with E-state index in [9.17, 15) is 4.79 Å². The van der Waals surface area contributed by atoms with Crippen molar-refractivity contribution in [3.8, 4) is 0 Å². The second-order valence-electron chi connectivity index (χ2n) is 3.77. The van der Waals surface area contributed by atoms with Gasteiger partial charge in [0, 0.05) is 6.54 Å². The summed E-state index contributed by atoms with van der Waals surface area (Å²) in [5.74, 6) is -0.936. The van der Waals surface area contributed by atoms with Crippen LogP contribution in [0.1, 0.15) is 12.5 Å². The van der Waals surface area contributed by atoms with Crippen LogP contribution in [0.2, 0.25) is 0 Å². The second-order valence-corrected chi connectivity index (χ2v) is 3.77. The smallest absolute Gasteiger partial charge is 0.230 e. The number of nitrogens with zero attached hydrogens (tertiary/aromatic N) is 1. The van der Waals surface area contributed by atoms with Gasteiger partial charge in [-0.1, -0.05) is 35.5 Å². The molecule has 0 spiro atoms. The maximum absolute atomic E-state index is 11.6. The molecule has 17 heavy (non-hydrogen) atoms. The Morgan fingerprint density at radius 1 is 1.47 bits per heavy atom. The third-order valence-corrected chi connectivity index (χ3v) is 2.51. The van der Waals surface area contributed by atoms with Crippen molar-refractivity contribution in [2.24, 2.45) is 16.8 Å². The summed E-state index contributed by atoms with van der Waals surface area (Å²) in [6.45, 7) is 2.12. The molecule has 0 saturated carbocycles. The summed E-state index contributed by atoms with van der Waals surface area (Å²) >= 11 is 0. The first-order valence-electron chi connectivity index (χ1n) is 5.44. The summed E-state index contributed by atoms with van der Waals surface area (Å²) in [5, 5.41) is 14.0. The van der Waals surface area contributed by atoms with E-state index in [1.165, 1.54) is 0 Å². The quantitative estimate of drug-likeness (QED) is 0.304. The molecule has 0 aliphatic rings. The minimum absolute atomic E-state index is 0.0813. The number of rotatable bonds is 5. The molecule has 1 amide bonds. The largest absolute Gasteiger partial charge is 0.409 e. The Hall–Kier alpha value is -2.04. The fourth-order valence-corrected chi connectivity index (χ4v) is 1.35. The van der Waals surface area contributed by atoms with Gasteiger partial charge in [0.05, 0.1) is 5.92 Å². The van der Waals surface area contributed by atoms with Crippen molar-refractivity contribution in [3.05, 3.63) is 35.9 Å². The van der Waals surface area contributed by atoms with Crippen molar-refractivity contribution >= 4 is 11.7 Å². The van der Waals surface area contributed by atoms with Crippen LogP contribution in [0, 0.1) is 5.92 Å². The molecule has 0 aliphatic carbocycles. The highest BCUT2D eigenvalue weighted by Crippen LogP contribution is 1.99. The summed E-state index contributed by atoms with van der Waals surface area (Å²) < 4.78 is 0. The van der Waals surface area contributed by atoms with Crippen molar-refractivity contribution < 1.29 is 10.0 Å². The topological polar surface area (TPSA) is 87.7 Å². The maximum atomic E-state index is 11.6. The Labute approximate surface area is 100 Å². The number of hydrogen-bond donors (Lipinski definition) is 3. The van der Waals surface area contributed by atoms with Gasteiger partial charge in [-0.3, -0.25) is 4.79 Å². The van der Waals surface area contributed by atoms with E-state index in [1.807, 2.05) is 30.3 Å². The van der Waals surface area contributed by atoms with Gasteiger partial charge >= 0.3 is 0 Å². The molecular weight excluding hydrogens is 218 g/mol. The van der Waals surface area contributed by atoms with Crippen LogP contribution < -0.4 is 11.1 Å². The monoisotopic (exact) mass is 235 g/mol. The summed E-state index contributed by atoms with van der Waals surface area (Å²) in [6, 6.07) is 9.85. The SMILES string of the molecule is CC(C(=O)NCCc1ccccc1)/C(N)=N/O. The second kappa shape index (κ2) is 6.52. The summed E-state index contributed by atoms with van der Waals surface area (Å²) in [5.41, 5.74) is 6.50. The molecule has 1 aromatic carbocycles. The molecule has 92 valence electrons. The van der Waals surface area contributed by atoms with Crippen LogP contribution >= 0.6 is 0 Å². The third-order valence-electron chi connectivity index (χ3n) is 2.51. The lowest BCUT2D eigenvalue weighted by molar-refractivity contribution is -0.122. The molecule has 1 atom stereocenters. The Balaban J connectivity index is 2.34. The number of hydrogen-bond acceptors (Lipinski definition) is 3. The molecule has 1 unspecified atom stereocenters. The maximum Gasteiger partial charge on any atom is 0.230 e. The zero-order valence-corrected chi connectivity index (χ0v) is 9.76. The van der Waals surface area contributed by atoms with Gasteiger partial charge in [-0.2, -0.15) is 0 Å². The molecule has 0 fully saturated rings. The van der Waals surface area contributed by atoms with Crippen LogP contribution in [0.15, 0.2) is 35.5 Å². The molecule has 0 aromatic heterocycles. The van der Waals surface area contributed by atoms with Crippen molar-refractivity contribution in [3.63, 3.8) is 0 Å². The third kappa shape index (κ3) is 4.14. The predicted molar refractivity (Wildman–Crippen MR) is 65.7 cm³/mol. The number of benzene rings is 1. The number of nitrogens with one attached hydrogen (secondary N) is 1. The molecule has 0 aliphatic heterocycles. The van der Waals surface area contributed by atoms with E-state index >= 15 is 0 Å². The lowest BCUT2D eigenvalue weighted by Gasteiger charge is -2.10. The Bertz CT molecular complexity index is 390. The van der Waals surface area contributed by atoms with E-state index in [1.54, 1.807) is 6.92 Å². The van der Waals surface area contributed by atoms with Gasteiger partial charge in [-0.05, 0) is 18.9 Å². The number of amides is 1. The molecule has 0 bridgehead atoms. The molecular formula is C12H17N3O2. The highest BCUT2D eigenvalue weighted by molar-refractivity contribution is 6.01. The zero-order chi connectivity index (χ0) is 12.7. The number of carbonyl (C=O) groups excluding carboxylic acids is 1. The minimum atomic E-state index is -0.615. The Kier molecular flexibility index (Phi) is 5.00. The highest BCUT2D eigenvalue weighted by atomic mass is 16.4. The average molecular weight is 235 g/mol. The van der Waals surface area contributed by atoms with Crippen LogP contribution in [0.5, 0.6) is 0 Å². The van der Waals surface area contributed by atoms with E-state index in [0.29, 0.717) is 6.54 Å². The molecule has 1 rings (SSSR count). The molecule has 0 saturated heterocycles. The van der Waals surface area contributed by atoms with Gasteiger partial charge in [0.15, 0.2) is 5.84 Å². The first kappa shape index (κ1) is 13.0. The Morgan fingerprint density at radius 3 is 2.71 bits per heavy atom. The standard InChI is InChI=1S/C12H17N3O2/c1-9(11(13)15-17)12(16)14-8-7-10-5-3-2-4-6-10/h2-6,9,17H,7-8H2,1H3,(H2,13,15)(H,14,16). The first-order valence-corrected chi connectivity index (χ1v) is 5.44. The van der Waals surface area contributed by atoms with Crippen molar-refractivity contribution in [1.82, 2.24) is 5.32 Å². The van der Waals surface area contributed by atoms with Crippen LogP contribution in [0.25, 0.3) is 0 Å². The fourth-order valence-electron chi connectivity index (χ4n) is 1.35. The molecule has 0 radical (unpaired) electrons. The van der Waals surface area contributed by atoms with Crippen LogP contribution in [0.4, 0.5) is 0 Å². The van der Waals surface area contributed by atoms with E-state index in [-0.39, 0.29) is 11.7 Å². The number of oxime groups is 1. The van der Waals surface area contributed by atoms with Crippen molar-refractivity contribution in [2.75, 3.05) is 6.54 Å². The predicted octanol–water partition coefficient (Wildman–Crippen LogP) is 0.728. The van der Waals surface area contributed by atoms with E-state index in [2.05, 4.69) is 10.5 Å². The number of carbonyl (C=O) groups is 1. The van der Waals surface area contributed by atoms with Crippen molar-refractivity contribution in [2.45, 2.75) is 13.3 Å². The summed E-state index contributed by atoms with van der Waals surface area (Å²) in [6.07, 6.45) is 0.759. The fraction of sp³-hybridized carbons (Fsp3) is 0.333. The van der Waals surface area contributed by atoms with Gasteiger partial charge in [-0.15, -0.1) is 0 Å². The number of amidine groups is 1. The number of nitrogens with two attached hydrogens (primary N) is 1. The van der Waals surface area contributed by atoms with Crippen LogP contribution in [-0.2, 0) is 11.2 Å². The van der Waals surface area contributed by atoms with Crippen molar-refractivity contribution in [1.29, 1.82) is 0 Å². The average Bonchev–Trinajstić information content (AvgIpc) is 2.38.